The number of fused-ring (bicyclic) bond motifs is 3. The minimum absolute atomic E-state index is 0.946. The van der Waals surface area contributed by atoms with Gasteiger partial charge >= 0.3 is 0 Å². The van der Waals surface area contributed by atoms with Crippen molar-refractivity contribution in [2.45, 2.75) is 0 Å². The summed E-state index contributed by atoms with van der Waals surface area (Å²) in [5.41, 5.74) is 6.67. The smallest absolute Gasteiger partial charge is 0.0722 e. The predicted octanol–water partition coefficient (Wildman–Crippen LogP) is 8.94. The van der Waals surface area contributed by atoms with Crippen LogP contribution in [-0.2, 0) is 0 Å². The standard InChI is InChI=1S/C34H22N2/c1-2-11-25-23(9-1)10-7-16-26(25)33-27-12-3-5-14-29(27)34(30-15-6-4-13-28(30)33)32-18-8-17-31(36-32)24-19-21-35-22-20-24/h1-22H. The van der Waals surface area contributed by atoms with E-state index in [1.807, 2.05) is 24.5 Å². The number of benzene rings is 5. The van der Waals surface area contributed by atoms with Gasteiger partial charge in [-0.05, 0) is 67.7 Å². The highest BCUT2D eigenvalue weighted by Gasteiger charge is 2.18. The van der Waals surface area contributed by atoms with Crippen LogP contribution in [-0.4, -0.2) is 9.97 Å². The molecule has 2 heterocycles. The third kappa shape index (κ3) is 3.27. The molecular weight excluding hydrogens is 436 g/mol. The summed E-state index contributed by atoms with van der Waals surface area (Å²) < 4.78 is 0. The van der Waals surface area contributed by atoms with E-state index in [-0.39, 0.29) is 0 Å². The van der Waals surface area contributed by atoms with Crippen LogP contribution in [0.15, 0.2) is 134 Å². The first-order chi connectivity index (χ1) is 17.9. The molecular formula is C34H22N2. The van der Waals surface area contributed by atoms with E-state index < -0.39 is 0 Å². The van der Waals surface area contributed by atoms with Crippen LogP contribution in [0.2, 0.25) is 0 Å². The highest BCUT2D eigenvalue weighted by molar-refractivity contribution is 6.23. The molecule has 0 radical (unpaired) electrons. The molecule has 36 heavy (non-hydrogen) atoms. The molecule has 2 heteroatoms. The van der Waals surface area contributed by atoms with Crippen LogP contribution in [0.3, 0.4) is 0 Å². The highest BCUT2D eigenvalue weighted by Crippen LogP contribution is 2.44. The number of aromatic nitrogens is 2. The minimum atomic E-state index is 0.946. The Morgan fingerprint density at radius 3 is 1.61 bits per heavy atom. The van der Waals surface area contributed by atoms with E-state index in [0.29, 0.717) is 0 Å². The number of hydrogen-bond donors (Lipinski definition) is 0. The van der Waals surface area contributed by atoms with Gasteiger partial charge in [-0.2, -0.15) is 0 Å². The summed E-state index contributed by atoms with van der Waals surface area (Å²) >= 11 is 0. The number of nitrogens with zero attached hydrogens (tertiary/aromatic N) is 2. The Balaban J connectivity index is 1.59. The molecule has 0 bridgehead atoms. The van der Waals surface area contributed by atoms with Gasteiger partial charge < -0.3 is 0 Å². The van der Waals surface area contributed by atoms with Crippen molar-refractivity contribution in [3.05, 3.63) is 134 Å². The van der Waals surface area contributed by atoms with Crippen LogP contribution < -0.4 is 0 Å². The molecule has 2 nitrogen and oxygen atoms in total. The van der Waals surface area contributed by atoms with Gasteiger partial charge in [-0.3, -0.25) is 4.98 Å². The van der Waals surface area contributed by atoms with E-state index in [9.17, 15) is 0 Å². The fourth-order valence-corrected chi connectivity index (χ4v) is 5.40. The molecule has 7 aromatic rings. The molecule has 0 fully saturated rings. The van der Waals surface area contributed by atoms with Crippen LogP contribution >= 0.6 is 0 Å². The van der Waals surface area contributed by atoms with Crippen molar-refractivity contribution >= 4 is 32.3 Å². The average molecular weight is 459 g/mol. The van der Waals surface area contributed by atoms with E-state index in [1.54, 1.807) is 0 Å². The van der Waals surface area contributed by atoms with Gasteiger partial charge in [0, 0.05) is 23.5 Å². The third-order valence-corrected chi connectivity index (χ3v) is 6.97. The van der Waals surface area contributed by atoms with Crippen molar-refractivity contribution in [2.75, 3.05) is 0 Å². The Morgan fingerprint density at radius 2 is 0.917 bits per heavy atom. The highest BCUT2D eigenvalue weighted by atomic mass is 14.7. The summed E-state index contributed by atoms with van der Waals surface area (Å²) in [6, 6.07) is 43.0. The lowest BCUT2D eigenvalue weighted by molar-refractivity contribution is 1.29. The van der Waals surface area contributed by atoms with E-state index >= 15 is 0 Å². The zero-order valence-corrected chi connectivity index (χ0v) is 19.6. The lowest BCUT2D eigenvalue weighted by Gasteiger charge is -2.18. The summed E-state index contributed by atoms with van der Waals surface area (Å²) in [4.78, 5) is 9.30. The van der Waals surface area contributed by atoms with E-state index in [1.165, 1.54) is 49.0 Å². The SMILES string of the molecule is c1cc(-c2ccncc2)nc(-c2c3ccccc3c(-c3cccc4ccccc34)c3ccccc23)c1. The maximum atomic E-state index is 5.14. The van der Waals surface area contributed by atoms with Crippen LogP contribution in [0.5, 0.6) is 0 Å². The van der Waals surface area contributed by atoms with Gasteiger partial charge in [-0.15, -0.1) is 0 Å². The maximum Gasteiger partial charge on any atom is 0.0722 e. The number of hydrogen-bond acceptors (Lipinski definition) is 2. The van der Waals surface area contributed by atoms with E-state index in [2.05, 4.69) is 114 Å². The molecule has 7 rings (SSSR count). The Hall–Kier alpha value is -4.82. The normalized spacial score (nSPS) is 11.3. The molecule has 0 aliphatic heterocycles. The first-order valence-corrected chi connectivity index (χ1v) is 12.2. The Morgan fingerprint density at radius 1 is 0.389 bits per heavy atom. The second kappa shape index (κ2) is 8.44. The zero-order chi connectivity index (χ0) is 23.9. The van der Waals surface area contributed by atoms with E-state index in [0.717, 1.165) is 17.0 Å². The van der Waals surface area contributed by atoms with Crippen molar-refractivity contribution in [1.29, 1.82) is 0 Å². The molecule has 0 saturated carbocycles. The lowest BCUT2D eigenvalue weighted by atomic mass is 9.85. The summed E-state index contributed by atoms with van der Waals surface area (Å²) in [5, 5.41) is 7.40. The fraction of sp³-hybridized carbons (Fsp3) is 0. The summed E-state index contributed by atoms with van der Waals surface area (Å²) in [6.45, 7) is 0. The molecule has 0 saturated heterocycles. The van der Waals surface area contributed by atoms with Gasteiger partial charge in [-0.25, -0.2) is 4.98 Å². The quantitative estimate of drug-likeness (QED) is 0.247. The molecule has 0 amide bonds. The van der Waals surface area contributed by atoms with Crippen LogP contribution in [0.25, 0.3) is 66.0 Å². The zero-order valence-electron chi connectivity index (χ0n) is 19.6. The summed E-state index contributed by atoms with van der Waals surface area (Å²) in [6.07, 6.45) is 3.63. The van der Waals surface area contributed by atoms with Crippen LogP contribution in [0.1, 0.15) is 0 Å². The number of rotatable bonds is 3. The molecule has 0 aliphatic carbocycles. The second-order valence-electron chi connectivity index (χ2n) is 9.01. The maximum absolute atomic E-state index is 5.14. The van der Waals surface area contributed by atoms with Gasteiger partial charge in [-0.1, -0.05) is 97.1 Å². The van der Waals surface area contributed by atoms with Gasteiger partial charge in [0.1, 0.15) is 0 Å². The first kappa shape index (κ1) is 20.5. The Labute approximate surface area is 209 Å². The lowest BCUT2D eigenvalue weighted by Crippen LogP contribution is -1.94. The second-order valence-corrected chi connectivity index (χ2v) is 9.01. The Kier molecular flexibility index (Phi) is 4.82. The monoisotopic (exact) mass is 458 g/mol. The third-order valence-electron chi connectivity index (χ3n) is 6.97. The summed E-state index contributed by atoms with van der Waals surface area (Å²) in [5.74, 6) is 0. The van der Waals surface area contributed by atoms with Gasteiger partial charge in [0.05, 0.1) is 11.4 Å². The Bertz CT molecular complexity index is 1830. The van der Waals surface area contributed by atoms with Gasteiger partial charge in [0.25, 0.3) is 0 Å². The van der Waals surface area contributed by atoms with Crippen LogP contribution in [0.4, 0.5) is 0 Å². The molecule has 5 aromatic carbocycles. The largest absolute Gasteiger partial charge is 0.265 e. The topological polar surface area (TPSA) is 25.8 Å². The number of pyridine rings is 2. The first-order valence-electron chi connectivity index (χ1n) is 12.2. The molecule has 2 aromatic heterocycles. The molecule has 0 unspecified atom stereocenters. The van der Waals surface area contributed by atoms with Crippen molar-refractivity contribution in [3.63, 3.8) is 0 Å². The average Bonchev–Trinajstić information content (AvgIpc) is 2.96. The summed E-state index contributed by atoms with van der Waals surface area (Å²) in [7, 11) is 0. The molecule has 168 valence electrons. The van der Waals surface area contributed by atoms with Crippen molar-refractivity contribution in [1.82, 2.24) is 9.97 Å². The van der Waals surface area contributed by atoms with Crippen molar-refractivity contribution < 1.29 is 0 Å². The molecule has 0 spiro atoms. The molecule has 0 aliphatic rings. The van der Waals surface area contributed by atoms with Crippen molar-refractivity contribution in [3.8, 4) is 33.6 Å². The van der Waals surface area contributed by atoms with Crippen LogP contribution in [0, 0.1) is 0 Å². The van der Waals surface area contributed by atoms with Crippen molar-refractivity contribution in [2.24, 2.45) is 0 Å². The fourth-order valence-electron chi connectivity index (χ4n) is 5.40. The van der Waals surface area contributed by atoms with Gasteiger partial charge in [0.2, 0.25) is 0 Å². The molecule has 0 N–H and O–H groups in total. The van der Waals surface area contributed by atoms with E-state index in [4.69, 9.17) is 4.98 Å². The molecule has 0 atom stereocenters. The van der Waals surface area contributed by atoms with Gasteiger partial charge in [0.15, 0.2) is 0 Å². The minimum Gasteiger partial charge on any atom is -0.265 e. The predicted molar refractivity (Wildman–Crippen MR) is 151 cm³/mol.